The van der Waals surface area contributed by atoms with Gasteiger partial charge in [-0.05, 0) is 24.7 Å². The van der Waals surface area contributed by atoms with E-state index in [4.69, 9.17) is 9.84 Å². The van der Waals surface area contributed by atoms with E-state index in [0.717, 1.165) is 37.8 Å². The molecule has 122 valence electrons. The summed E-state index contributed by atoms with van der Waals surface area (Å²) in [5, 5.41) is 8.58. The minimum Gasteiger partial charge on any atom is -0.478 e. The predicted molar refractivity (Wildman–Crippen MR) is 84.0 cm³/mol. The third-order valence-corrected chi connectivity index (χ3v) is 4.03. The van der Waals surface area contributed by atoms with Gasteiger partial charge in [0.25, 0.3) is 0 Å². The van der Waals surface area contributed by atoms with Gasteiger partial charge in [0, 0.05) is 12.2 Å². The zero-order chi connectivity index (χ0) is 16.5. The zero-order valence-electron chi connectivity index (χ0n) is 14.0. The summed E-state index contributed by atoms with van der Waals surface area (Å²) in [4.78, 5) is 22.4. The molecule has 0 unspecified atom stereocenters. The summed E-state index contributed by atoms with van der Waals surface area (Å²) in [6, 6.07) is 0. The highest BCUT2D eigenvalue weighted by molar-refractivity contribution is 5.90. The van der Waals surface area contributed by atoms with Crippen molar-refractivity contribution in [1.82, 2.24) is 0 Å². The fourth-order valence-electron chi connectivity index (χ4n) is 2.72. The highest BCUT2D eigenvalue weighted by Crippen LogP contribution is 2.36. The molecular formula is C17H30O4. The molecule has 4 nitrogen and oxygen atoms in total. The van der Waals surface area contributed by atoms with Crippen LogP contribution in [0.1, 0.15) is 66.7 Å². The predicted octanol–water partition coefficient (Wildman–Crippen LogP) is 4.19. The van der Waals surface area contributed by atoms with Gasteiger partial charge in [0.2, 0.25) is 0 Å². The number of esters is 1. The van der Waals surface area contributed by atoms with Crippen LogP contribution in [0, 0.1) is 11.8 Å². The number of carboxylic acid groups (broad SMARTS) is 1. The average Bonchev–Trinajstić information content (AvgIpc) is 2.39. The maximum Gasteiger partial charge on any atom is 0.331 e. The van der Waals surface area contributed by atoms with Crippen LogP contribution < -0.4 is 0 Å². The van der Waals surface area contributed by atoms with Crippen molar-refractivity contribution in [2.75, 3.05) is 0 Å². The monoisotopic (exact) mass is 298 g/mol. The number of hydrogen-bond donors (Lipinski definition) is 1. The smallest absolute Gasteiger partial charge is 0.331 e. The summed E-state index contributed by atoms with van der Waals surface area (Å²) in [5.74, 6) is -1.35. The van der Waals surface area contributed by atoms with E-state index >= 15 is 0 Å². The van der Waals surface area contributed by atoms with Crippen LogP contribution in [0.25, 0.3) is 0 Å². The van der Waals surface area contributed by atoms with Crippen molar-refractivity contribution in [3.63, 3.8) is 0 Å². The molecule has 0 aliphatic rings. The van der Waals surface area contributed by atoms with Crippen LogP contribution in [-0.4, -0.2) is 22.6 Å². The molecule has 4 heteroatoms. The molecule has 0 saturated carbocycles. The second-order valence-corrected chi connectivity index (χ2v) is 6.17. The van der Waals surface area contributed by atoms with Gasteiger partial charge < -0.3 is 9.84 Å². The molecule has 0 aliphatic carbocycles. The number of carbonyl (C=O) groups is 2. The Labute approximate surface area is 128 Å². The SMILES string of the molecule is CCCCCCC(OC(=O)/C=C\C(=O)O)(C(C)C)C(C)C. The first-order valence-electron chi connectivity index (χ1n) is 7.90. The van der Waals surface area contributed by atoms with Crippen LogP contribution in [0.15, 0.2) is 12.2 Å². The summed E-state index contributed by atoms with van der Waals surface area (Å²) in [6.45, 7) is 10.4. The number of unbranched alkanes of at least 4 members (excludes halogenated alkanes) is 3. The molecule has 0 heterocycles. The van der Waals surface area contributed by atoms with Gasteiger partial charge in [0.05, 0.1) is 0 Å². The lowest BCUT2D eigenvalue weighted by atomic mass is 9.76. The van der Waals surface area contributed by atoms with Crippen molar-refractivity contribution < 1.29 is 19.4 Å². The van der Waals surface area contributed by atoms with Gasteiger partial charge in [-0.25, -0.2) is 9.59 Å². The standard InChI is InChI=1S/C17H30O4/c1-6-7-8-9-12-17(13(2)3,14(4)5)21-16(20)11-10-15(18)19/h10-11,13-14H,6-9,12H2,1-5H3,(H,18,19)/b11-10-. The molecule has 0 rings (SSSR count). The van der Waals surface area contributed by atoms with Crippen molar-refractivity contribution in [3.05, 3.63) is 12.2 Å². The number of rotatable bonds is 10. The second-order valence-electron chi connectivity index (χ2n) is 6.17. The summed E-state index contributed by atoms with van der Waals surface area (Å²) >= 11 is 0. The Morgan fingerprint density at radius 3 is 2.05 bits per heavy atom. The molecular weight excluding hydrogens is 268 g/mol. The van der Waals surface area contributed by atoms with E-state index in [-0.39, 0.29) is 11.8 Å². The second kappa shape index (κ2) is 9.59. The molecule has 0 spiro atoms. The lowest BCUT2D eigenvalue weighted by Crippen LogP contribution is -2.45. The number of aliphatic carboxylic acids is 1. The largest absolute Gasteiger partial charge is 0.478 e. The van der Waals surface area contributed by atoms with E-state index in [2.05, 4.69) is 6.92 Å². The fourth-order valence-corrected chi connectivity index (χ4v) is 2.72. The third kappa shape index (κ3) is 6.78. The molecule has 1 N–H and O–H groups in total. The molecule has 0 radical (unpaired) electrons. The first-order chi connectivity index (χ1) is 9.76. The quantitative estimate of drug-likeness (QED) is 0.373. The molecule has 0 aromatic rings. The van der Waals surface area contributed by atoms with Crippen molar-refractivity contribution >= 4 is 11.9 Å². The molecule has 0 fully saturated rings. The van der Waals surface area contributed by atoms with Crippen molar-refractivity contribution in [1.29, 1.82) is 0 Å². The van der Waals surface area contributed by atoms with E-state index in [0.29, 0.717) is 0 Å². The van der Waals surface area contributed by atoms with E-state index in [1.807, 2.05) is 27.7 Å². The number of ether oxygens (including phenoxy) is 1. The topological polar surface area (TPSA) is 63.6 Å². The average molecular weight is 298 g/mol. The van der Waals surface area contributed by atoms with Crippen LogP contribution >= 0.6 is 0 Å². The van der Waals surface area contributed by atoms with Gasteiger partial charge in [0.1, 0.15) is 5.60 Å². The molecule has 0 aromatic carbocycles. The van der Waals surface area contributed by atoms with Crippen LogP contribution in [0.4, 0.5) is 0 Å². The van der Waals surface area contributed by atoms with Crippen LogP contribution in [0.5, 0.6) is 0 Å². The first-order valence-corrected chi connectivity index (χ1v) is 7.90. The zero-order valence-corrected chi connectivity index (χ0v) is 14.0. The Morgan fingerprint density at radius 1 is 1.05 bits per heavy atom. The van der Waals surface area contributed by atoms with Crippen LogP contribution in [-0.2, 0) is 14.3 Å². The van der Waals surface area contributed by atoms with Gasteiger partial charge in [-0.2, -0.15) is 0 Å². The van der Waals surface area contributed by atoms with Crippen LogP contribution in [0.2, 0.25) is 0 Å². The van der Waals surface area contributed by atoms with Crippen molar-refractivity contribution in [3.8, 4) is 0 Å². The van der Waals surface area contributed by atoms with Gasteiger partial charge in [-0.1, -0.05) is 53.9 Å². The minimum absolute atomic E-state index is 0.182. The Kier molecular flexibility index (Phi) is 8.98. The maximum absolute atomic E-state index is 11.9. The third-order valence-electron chi connectivity index (χ3n) is 4.03. The highest BCUT2D eigenvalue weighted by atomic mass is 16.6. The Balaban J connectivity index is 4.94. The van der Waals surface area contributed by atoms with Crippen molar-refractivity contribution in [2.24, 2.45) is 11.8 Å². The molecule has 0 atom stereocenters. The summed E-state index contributed by atoms with van der Waals surface area (Å²) < 4.78 is 5.70. The maximum atomic E-state index is 11.9. The van der Waals surface area contributed by atoms with Gasteiger partial charge in [-0.15, -0.1) is 0 Å². The van der Waals surface area contributed by atoms with Gasteiger partial charge >= 0.3 is 11.9 Å². The molecule has 0 saturated heterocycles. The highest BCUT2D eigenvalue weighted by Gasteiger charge is 2.40. The van der Waals surface area contributed by atoms with Crippen LogP contribution in [0.3, 0.4) is 0 Å². The fraction of sp³-hybridized carbons (Fsp3) is 0.765. The van der Waals surface area contributed by atoms with E-state index in [1.165, 1.54) is 6.42 Å². The van der Waals surface area contributed by atoms with Gasteiger partial charge in [0.15, 0.2) is 0 Å². The Bertz CT molecular complexity index is 348. The van der Waals surface area contributed by atoms with Gasteiger partial charge in [-0.3, -0.25) is 0 Å². The molecule has 0 aliphatic heterocycles. The Morgan fingerprint density at radius 2 is 1.62 bits per heavy atom. The number of carboxylic acids is 1. The minimum atomic E-state index is -1.14. The summed E-state index contributed by atoms with van der Waals surface area (Å²) in [6.07, 6.45) is 7.12. The van der Waals surface area contributed by atoms with E-state index in [1.54, 1.807) is 0 Å². The lowest BCUT2D eigenvalue weighted by molar-refractivity contribution is -0.167. The molecule has 0 bridgehead atoms. The first kappa shape index (κ1) is 19.7. The van der Waals surface area contributed by atoms with E-state index in [9.17, 15) is 9.59 Å². The molecule has 0 aromatic heterocycles. The summed E-state index contributed by atoms with van der Waals surface area (Å²) in [7, 11) is 0. The van der Waals surface area contributed by atoms with Crippen molar-refractivity contribution in [2.45, 2.75) is 72.3 Å². The molecule has 0 amide bonds. The molecule has 21 heavy (non-hydrogen) atoms. The normalized spacial score (nSPS) is 12.3. The van der Waals surface area contributed by atoms with E-state index < -0.39 is 17.5 Å². The lowest BCUT2D eigenvalue weighted by Gasteiger charge is -2.40. The number of hydrogen-bond acceptors (Lipinski definition) is 3. The summed E-state index contributed by atoms with van der Waals surface area (Å²) in [5.41, 5.74) is -0.534. The number of carbonyl (C=O) groups excluding carboxylic acids is 1. The Hall–Kier alpha value is -1.32.